The van der Waals surface area contributed by atoms with Crippen LogP contribution in [0.4, 0.5) is 0 Å². The average molecular weight is 494 g/mol. The van der Waals surface area contributed by atoms with Gasteiger partial charge in [-0.05, 0) is 55.5 Å². The van der Waals surface area contributed by atoms with E-state index in [9.17, 15) is 14.4 Å². The molecule has 0 aliphatic carbocycles. The number of ether oxygens (including phenoxy) is 1. The van der Waals surface area contributed by atoms with Gasteiger partial charge in [-0.2, -0.15) is 0 Å². The summed E-state index contributed by atoms with van der Waals surface area (Å²) >= 11 is 1.30. The van der Waals surface area contributed by atoms with Gasteiger partial charge in [-0.1, -0.05) is 48.5 Å². The summed E-state index contributed by atoms with van der Waals surface area (Å²) in [6, 6.07) is 19.1. The first-order chi connectivity index (χ1) is 16.7. The summed E-state index contributed by atoms with van der Waals surface area (Å²) in [5.41, 5.74) is 1.01. The van der Waals surface area contributed by atoms with E-state index in [-0.39, 0.29) is 30.8 Å². The second kappa shape index (κ2) is 11.7. The van der Waals surface area contributed by atoms with E-state index < -0.39 is 11.6 Å². The third kappa shape index (κ3) is 7.42. The summed E-state index contributed by atoms with van der Waals surface area (Å²) in [7, 11) is 1.59. The van der Waals surface area contributed by atoms with Crippen LogP contribution in [0, 0.1) is 0 Å². The van der Waals surface area contributed by atoms with Crippen LogP contribution in [0.5, 0.6) is 5.75 Å². The van der Waals surface area contributed by atoms with E-state index in [1.807, 2.05) is 75.4 Å². The lowest BCUT2D eigenvalue weighted by atomic mass is 10.0. The number of methoxy groups -OCH3 is 1. The van der Waals surface area contributed by atoms with Crippen LogP contribution < -0.4 is 15.4 Å². The lowest BCUT2D eigenvalue weighted by Gasteiger charge is -2.34. The van der Waals surface area contributed by atoms with E-state index in [0.29, 0.717) is 16.2 Å². The first-order valence-electron chi connectivity index (χ1n) is 11.3. The van der Waals surface area contributed by atoms with Gasteiger partial charge in [-0.25, -0.2) is 0 Å². The number of benzene rings is 2. The van der Waals surface area contributed by atoms with Crippen LogP contribution in [0.2, 0.25) is 0 Å². The number of amides is 3. The van der Waals surface area contributed by atoms with Gasteiger partial charge in [0.25, 0.3) is 5.91 Å². The zero-order chi connectivity index (χ0) is 25.4. The Labute approximate surface area is 210 Å². The van der Waals surface area contributed by atoms with Crippen molar-refractivity contribution in [2.24, 2.45) is 0 Å². The van der Waals surface area contributed by atoms with E-state index in [0.717, 1.165) is 5.56 Å². The molecule has 0 spiro atoms. The summed E-state index contributed by atoms with van der Waals surface area (Å²) in [6.45, 7) is 5.62. The zero-order valence-corrected chi connectivity index (χ0v) is 21.2. The Balaban J connectivity index is 1.94. The van der Waals surface area contributed by atoms with Crippen molar-refractivity contribution >= 4 is 29.1 Å². The molecule has 8 heteroatoms. The predicted molar refractivity (Wildman–Crippen MR) is 137 cm³/mol. The molecule has 1 atom stereocenters. The average Bonchev–Trinajstić information content (AvgIpc) is 3.37. The number of nitrogens with zero attached hydrogens (tertiary/aromatic N) is 1. The first-order valence-corrected chi connectivity index (χ1v) is 12.2. The number of carbonyl (C=O) groups is 3. The quantitative estimate of drug-likeness (QED) is 0.468. The zero-order valence-electron chi connectivity index (χ0n) is 20.4. The van der Waals surface area contributed by atoms with Gasteiger partial charge < -0.3 is 20.3 Å². The maximum Gasteiger partial charge on any atom is 0.261 e. The first kappa shape index (κ1) is 26.0. The lowest BCUT2D eigenvalue weighted by Crippen LogP contribution is -2.50. The molecule has 2 aromatic carbocycles. The van der Waals surface area contributed by atoms with E-state index in [1.165, 1.54) is 16.2 Å². The number of rotatable bonds is 9. The number of hydrogen-bond acceptors (Lipinski definition) is 5. The molecule has 0 saturated heterocycles. The molecule has 3 rings (SSSR count). The largest absolute Gasteiger partial charge is 0.497 e. The highest BCUT2D eigenvalue weighted by Crippen LogP contribution is 2.25. The summed E-state index contributed by atoms with van der Waals surface area (Å²) in [5.74, 6) is -0.299. The molecule has 1 heterocycles. The Morgan fingerprint density at radius 1 is 0.971 bits per heavy atom. The van der Waals surface area contributed by atoms with E-state index in [4.69, 9.17) is 4.74 Å². The van der Waals surface area contributed by atoms with Crippen LogP contribution in [0.3, 0.4) is 0 Å². The van der Waals surface area contributed by atoms with Gasteiger partial charge in [0.05, 0.1) is 18.5 Å². The highest BCUT2D eigenvalue weighted by molar-refractivity contribution is 7.12. The summed E-state index contributed by atoms with van der Waals surface area (Å²) < 4.78 is 5.24. The molecule has 0 radical (unpaired) electrons. The molecule has 0 fully saturated rings. The second-order valence-electron chi connectivity index (χ2n) is 9.08. The Kier molecular flexibility index (Phi) is 8.65. The molecule has 0 unspecified atom stereocenters. The Bertz CT molecular complexity index is 1120. The molecule has 7 nitrogen and oxygen atoms in total. The fraction of sp³-hybridized carbons (Fsp3) is 0.296. The number of hydrogen-bond donors (Lipinski definition) is 2. The minimum atomic E-state index is -0.885. The molecular weight excluding hydrogens is 462 g/mol. The lowest BCUT2D eigenvalue weighted by molar-refractivity contribution is -0.141. The molecule has 35 heavy (non-hydrogen) atoms. The summed E-state index contributed by atoms with van der Waals surface area (Å²) in [4.78, 5) is 41.5. The maximum atomic E-state index is 13.5. The second-order valence-corrected chi connectivity index (χ2v) is 10.0. The topological polar surface area (TPSA) is 87.7 Å². The van der Waals surface area contributed by atoms with Gasteiger partial charge in [0.2, 0.25) is 11.8 Å². The molecule has 184 valence electrons. The standard InChI is InChI=1S/C27H31N3O4S/c1-27(2,3)29-26(33)24(20-9-6-5-7-10-20)30(18-19-12-14-21(34-4)15-13-19)23(31)17-28-25(32)22-11-8-16-35-22/h5-16,24H,17-18H2,1-4H3,(H,28,32)(H,29,33)/t24-/m0/s1. The van der Waals surface area contributed by atoms with Crippen molar-refractivity contribution in [3.63, 3.8) is 0 Å². The van der Waals surface area contributed by atoms with Gasteiger partial charge >= 0.3 is 0 Å². The van der Waals surface area contributed by atoms with E-state index in [2.05, 4.69) is 10.6 Å². The molecule has 3 aromatic rings. The van der Waals surface area contributed by atoms with Crippen molar-refractivity contribution in [1.82, 2.24) is 15.5 Å². The van der Waals surface area contributed by atoms with Crippen LogP contribution in [0.25, 0.3) is 0 Å². The van der Waals surface area contributed by atoms with Crippen LogP contribution in [0.15, 0.2) is 72.1 Å². The predicted octanol–water partition coefficient (Wildman–Crippen LogP) is 4.17. The van der Waals surface area contributed by atoms with Crippen LogP contribution >= 0.6 is 11.3 Å². The molecule has 0 bridgehead atoms. The van der Waals surface area contributed by atoms with Gasteiger partial charge in [0.1, 0.15) is 11.8 Å². The van der Waals surface area contributed by atoms with Crippen LogP contribution in [-0.4, -0.2) is 41.8 Å². The number of thiophene rings is 1. The Morgan fingerprint density at radius 2 is 1.66 bits per heavy atom. The van der Waals surface area contributed by atoms with E-state index in [1.54, 1.807) is 24.6 Å². The molecular formula is C27H31N3O4S. The number of nitrogens with one attached hydrogen (secondary N) is 2. The normalized spacial score (nSPS) is 11.9. The van der Waals surface area contributed by atoms with Crippen molar-refractivity contribution in [1.29, 1.82) is 0 Å². The summed E-state index contributed by atoms with van der Waals surface area (Å²) in [5, 5.41) is 7.50. The van der Waals surface area contributed by atoms with Gasteiger partial charge in [0.15, 0.2) is 0 Å². The minimum absolute atomic E-state index is 0.175. The highest BCUT2D eigenvalue weighted by atomic mass is 32.1. The smallest absolute Gasteiger partial charge is 0.261 e. The molecule has 0 saturated carbocycles. The highest BCUT2D eigenvalue weighted by Gasteiger charge is 2.33. The number of carbonyl (C=O) groups excluding carboxylic acids is 3. The van der Waals surface area contributed by atoms with Crippen molar-refractivity contribution in [2.45, 2.75) is 38.9 Å². The Hall–Kier alpha value is -3.65. The van der Waals surface area contributed by atoms with Crippen molar-refractivity contribution in [3.05, 3.63) is 88.1 Å². The van der Waals surface area contributed by atoms with Crippen LogP contribution in [0.1, 0.15) is 47.6 Å². The fourth-order valence-corrected chi connectivity index (χ4v) is 4.19. The van der Waals surface area contributed by atoms with Gasteiger partial charge in [0, 0.05) is 12.1 Å². The maximum absolute atomic E-state index is 13.5. The van der Waals surface area contributed by atoms with Crippen LogP contribution in [-0.2, 0) is 16.1 Å². The third-order valence-electron chi connectivity index (χ3n) is 5.15. The van der Waals surface area contributed by atoms with Crippen molar-refractivity contribution in [2.75, 3.05) is 13.7 Å². The molecule has 2 N–H and O–H groups in total. The molecule has 1 aromatic heterocycles. The van der Waals surface area contributed by atoms with Gasteiger partial charge in [-0.3, -0.25) is 14.4 Å². The van der Waals surface area contributed by atoms with Gasteiger partial charge in [-0.15, -0.1) is 11.3 Å². The molecule has 0 aliphatic heterocycles. The van der Waals surface area contributed by atoms with Crippen molar-refractivity contribution < 1.29 is 19.1 Å². The third-order valence-corrected chi connectivity index (χ3v) is 6.02. The fourth-order valence-electron chi connectivity index (χ4n) is 3.55. The molecule has 0 aliphatic rings. The monoisotopic (exact) mass is 493 g/mol. The molecule has 3 amide bonds. The summed E-state index contributed by atoms with van der Waals surface area (Å²) in [6.07, 6.45) is 0. The Morgan fingerprint density at radius 3 is 2.23 bits per heavy atom. The minimum Gasteiger partial charge on any atom is -0.497 e. The SMILES string of the molecule is COc1ccc(CN(C(=O)CNC(=O)c2cccs2)[C@H](C(=O)NC(C)(C)C)c2ccccc2)cc1. The van der Waals surface area contributed by atoms with E-state index >= 15 is 0 Å². The van der Waals surface area contributed by atoms with Crippen molar-refractivity contribution in [3.8, 4) is 5.75 Å².